The Labute approximate surface area is 117 Å². The van der Waals surface area contributed by atoms with Crippen LogP contribution < -0.4 is 15.2 Å². The van der Waals surface area contributed by atoms with Crippen LogP contribution in [0.2, 0.25) is 0 Å². The van der Waals surface area contributed by atoms with Gasteiger partial charge in [-0.1, -0.05) is 5.16 Å². The number of hydrogen-bond donors (Lipinski definition) is 2. The molecule has 0 heterocycles. The molecule has 0 fully saturated rings. The van der Waals surface area contributed by atoms with Gasteiger partial charge in [0.2, 0.25) is 0 Å². The van der Waals surface area contributed by atoms with Gasteiger partial charge >= 0.3 is 0 Å². The van der Waals surface area contributed by atoms with E-state index in [4.69, 9.17) is 20.4 Å². The van der Waals surface area contributed by atoms with Gasteiger partial charge in [0.25, 0.3) is 5.91 Å². The summed E-state index contributed by atoms with van der Waals surface area (Å²) in [5, 5.41) is 11.3. The van der Waals surface area contributed by atoms with Gasteiger partial charge in [-0.2, -0.15) is 0 Å². The number of nitrogens with two attached hydrogens (primary N) is 1. The number of ether oxygens (including phenoxy) is 2. The first kappa shape index (κ1) is 15.6. The fourth-order valence-electron chi connectivity index (χ4n) is 1.59. The van der Waals surface area contributed by atoms with E-state index in [0.29, 0.717) is 30.0 Å². The van der Waals surface area contributed by atoms with Crippen molar-refractivity contribution < 1.29 is 19.5 Å². The van der Waals surface area contributed by atoms with E-state index < -0.39 is 0 Å². The summed E-state index contributed by atoms with van der Waals surface area (Å²) in [5.74, 6) is 0.955. The summed E-state index contributed by atoms with van der Waals surface area (Å²) in [7, 11) is 4.68. The zero-order valence-electron chi connectivity index (χ0n) is 11.8. The maximum Gasteiger partial charge on any atom is 0.253 e. The predicted octanol–water partition coefficient (Wildman–Crippen LogP) is 0.912. The third-order valence-electron chi connectivity index (χ3n) is 2.78. The molecule has 7 heteroatoms. The van der Waals surface area contributed by atoms with Crippen molar-refractivity contribution in [3.63, 3.8) is 0 Å². The molecule has 1 amide bonds. The van der Waals surface area contributed by atoms with E-state index in [0.717, 1.165) is 0 Å². The van der Waals surface area contributed by atoms with E-state index >= 15 is 0 Å². The lowest BCUT2D eigenvalue weighted by atomic mass is 10.1. The average Bonchev–Trinajstić information content (AvgIpc) is 2.50. The van der Waals surface area contributed by atoms with E-state index in [-0.39, 0.29) is 11.7 Å². The average molecular weight is 281 g/mol. The molecule has 0 aromatic heterocycles. The van der Waals surface area contributed by atoms with Crippen LogP contribution in [-0.4, -0.2) is 49.7 Å². The van der Waals surface area contributed by atoms with Crippen molar-refractivity contribution in [2.75, 3.05) is 27.8 Å². The van der Waals surface area contributed by atoms with Crippen LogP contribution in [-0.2, 0) is 0 Å². The molecule has 0 aliphatic carbocycles. The van der Waals surface area contributed by atoms with Crippen LogP contribution in [0.5, 0.6) is 11.5 Å². The van der Waals surface area contributed by atoms with Gasteiger partial charge in [0.15, 0.2) is 0 Å². The number of amides is 1. The Morgan fingerprint density at radius 3 is 2.30 bits per heavy atom. The Balaban J connectivity index is 2.85. The first-order valence-electron chi connectivity index (χ1n) is 5.96. The number of nitrogens with zero attached hydrogens (tertiary/aromatic N) is 2. The lowest BCUT2D eigenvalue weighted by Gasteiger charge is -2.17. The molecule has 0 saturated heterocycles. The third-order valence-corrected chi connectivity index (χ3v) is 2.78. The molecule has 0 spiro atoms. The predicted molar refractivity (Wildman–Crippen MR) is 74.5 cm³/mol. The van der Waals surface area contributed by atoms with Crippen LogP contribution in [0, 0.1) is 0 Å². The Bertz CT molecular complexity index is 480. The zero-order valence-corrected chi connectivity index (χ0v) is 11.8. The molecule has 0 aliphatic rings. The second-order valence-electron chi connectivity index (χ2n) is 4.17. The molecule has 0 bridgehead atoms. The van der Waals surface area contributed by atoms with Crippen molar-refractivity contribution in [2.45, 2.75) is 6.42 Å². The zero-order chi connectivity index (χ0) is 15.1. The molecule has 1 aromatic carbocycles. The molecular weight excluding hydrogens is 262 g/mol. The molecule has 20 heavy (non-hydrogen) atoms. The highest BCUT2D eigenvalue weighted by Gasteiger charge is 2.14. The molecule has 0 atom stereocenters. The molecule has 3 N–H and O–H groups in total. The molecule has 110 valence electrons. The van der Waals surface area contributed by atoms with Gasteiger partial charge in [0.05, 0.1) is 14.2 Å². The van der Waals surface area contributed by atoms with E-state index in [1.165, 1.54) is 19.1 Å². The SMILES string of the molecule is COc1cc(OC)cc(C(=O)N(C)CC/C(N)=N/O)c1. The van der Waals surface area contributed by atoms with Crippen LogP contribution in [0.25, 0.3) is 0 Å². The Kier molecular flexibility index (Phi) is 5.64. The Morgan fingerprint density at radius 2 is 1.85 bits per heavy atom. The highest BCUT2D eigenvalue weighted by Crippen LogP contribution is 2.23. The minimum atomic E-state index is -0.201. The normalized spacial score (nSPS) is 11.1. The van der Waals surface area contributed by atoms with Gasteiger partial charge in [0, 0.05) is 31.6 Å². The van der Waals surface area contributed by atoms with Gasteiger partial charge in [-0.25, -0.2) is 0 Å². The molecular formula is C13H19N3O4. The lowest BCUT2D eigenvalue weighted by molar-refractivity contribution is 0.0797. The summed E-state index contributed by atoms with van der Waals surface area (Å²) >= 11 is 0. The Hall–Kier alpha value is -2.44. The minimum absolute atomic E-state index is 0.0767. The van der Waals surface area contributed by atoms with Crippen molar-refractivity contribution in [1.29, 1.82) is 0 Å². The molecule has 0 unspecified atom stereocenters. The van der Waals surface area contributed by atoms with Crippen LogP contribution in [0.1, 0.15) is 16.8 Å². The highest BCUT2D eigenvalue weighted by atomic mass is 16.5. The van der Waals surface area contributed by atoms with Crippen molar-refractivity contribution in [1.82, 2.24) is 4.90 Å². The fourth-order valence-corrected chi connectivity index (χ4v) is 1.59. The van der Waals surface area contributed by atoms with E-state index in [2.05, 4.69) is 5.16 Å². The van der Waals surface area contributed by atoms with Crippen molar-refractivity contribution >= 4 is 11.7 Å². The number of oxime groups is 1. The summed E-state index contributed by atoms with van der Waals surface area (Å²) < 4.78 is 10.2. The number of amidine groups is 1. The number of carbonyl (C=O) groups excluding carboxylic acids is 1. The number of rotatable bonds is 6. The summed E-state index contributed by atoms with van der Waals surface area (Å²) in [4.78, 5) is 13.7. The largest absolute Gasteiger partial charge is 0.497 e. The van der Waals surface area contributed by atoms with E-state index in [9.17, 15) is 4.79 Å². The molecule has 0 radical (unpaired) electrons. The molecule has 1 aromatic rings. The van der Waals surface area contributed by atoms with E-state index in [1.807, 2.05) is 0 Å². The van der Waals surface area contributed by atoms with Gasteiger partial charge in [-0.3, -0.25) is 4.79 Å². The standard InChI is InChI=1S/C13H19N3O4/c1-16(5-4-12(14)15-18)13(17)9-6-10(19-2)8-11(7-9)20-3/h6-8,18H,4-5H2,1-3H3,(H2,14,15). The fraction of sp³-hybridized carbons (Fsp3) is 0.385. The number of carbonyl (C=O) groups is 1. The molecule has 7 nitrogen and oxygen atoms in total. The molecule has 1 rings (SSSR count). The van der Waals surface area contributed by atoms with Gasteiger partial charge in [0.1, 0.15) is 17.3 Å². The third kappa shape index (κ3) is 4.04. The summed E-state index contributed by atoms with van der Waals surface area (Å²) in [6, 6.07) is 4.95. The van der Waals surface area contributed by atoms with Crippen LogP contribution >= 0.6 is 0 Å². The lowest BCUT2D eigenvalue weighted by Crippen LogP contribution is -2.30. The van der Waals surface area contributed by atoms with Gasteiger partial charge in [-0.15, -0.1) is 0 Å². The summed E-state index contributed by atoms with van der Waals surface area (Å²) in [6.07, 6.45) is 0.292. The maximum atomic E-state index is 12.3. The number of methoxy groups -OCH3 is 2. The van der Waals surface area contributed by atoms with Crippen LogP contribution in [0.15, 0.2) is 23.4 Å². The van der Waals surface area contributed by atoms with Gasteiger partial charge < -0.3 is 25.3 Å². The van der Waals surface area contributed by atoms with Gasteiger partial charge in [-0.05, 0) is 12.1 Å². The highest BCUT2D eigenvalue weighted by molar-refractivity contribution is 5.95. The second kappa shape index (κ2) is 7.22. The van der Waals surface area contributed by atoms with Crippen LogP contribution in [0.4, 0.5) is 0 Å². The quantitative estimate of drug-likeness (QED) is 0.349. The topological polar surface area (TPSA) is 97.4 Å². The summed E-state index contributed by atoms with van der Waals surface area (Å²) in [5.41, 5.74) is 5.82. The molecule has 0 aliphatic heterocycles. The molecule has 0 saturated carbocycles. The monoisotopic (exact) mass is 281 g/mol. The smallest absolute Gasteiger partial charge is 0.253 e. The summed E-state index contributed by atoms with van der Waals surface area (Å²) in [6.45, 7) is 0.342. The first-order chi connectivity index (χ1) is 9.51. The number of hydrogen-bond acceptors (Lipinski definition) is 5. The van der Waals surface area contributed by atoms with Crippen LogP contribution in [0.3, 0.4) is 0 Å². The Morgan fingerprint density at radius 1 is 1.30 bits per heavy atom. The van der Waals surface area contributed by atoms with Crippen molar-refractivity contribution in [3.8, 4) is 11.5 Å². The maximum absolute atomic E-state index is 12.3. The van der Waals surface area contributed by atoms with E-state index in [1.54, 1.807) is 25.2 Å². The van der Waals surface area contributed by atoms with Crippen molar-refractivity contribution in [3.05, 3.63) is 23.8 Å². The number of benzene rings is 1. The first-order valence-corrected chi connectivity index (χ1v) is 5.96. The second-order valence-corrected chi connectivity index (χ2v) is 4.17. The minimum Gasteiger partial charge on any atom is -0.497 e. The van der Waals surface area contributed by atoms with Crippen molar-refractivity contribution in [2.24, 2.45) is 10.9 Å².